The molecule has 0 aromatic heterocycles. The molecule has 2 nitrogen and oxygen atoms in total. The fourth-order valence-corrected chi connectivity index (χ4v) is 0. The fourth-order valence-electron chi connectivity index (χ4n) is 0. The van der Waals surface area contributed by atoms with E-state index in [-0.39, 0.29) is 0 Å². The van der Waals surface area contributed by atoms with Crippen LogP contribution in [0, 0.1) is 0 Å². The van der Waals surface area contributed by atoms with Gasteiger partial charge in [0.05, 0.1) is 0 Å². The SMILES string of the molecule is CNOI. The lowest BCUT2D eigenvalue weighted by Crippen LogP contribution is -1.94. The Morgan fingerprint density at radius 1 is 2.00 bits per heavy atom. The molecule has 0 fully saturated rings. The lowest BCUT2D eigenvalue weighted by molar-refractivity contribution is 0.319. The van der Waals surface area contributed by atoms with Gasteiger partial charge in [0.1, 0.15) is 23.0 Å². The minimum Gasteiger partial charge on any atom is -0.233 e. The smallest absolute Gasteiger partial charge is 0.136 e. The van der Waals surface area contributed by atoms with Gasteiger partial charge in [-0.2, -0.15) is 5.48 Å². The van der Waals surface area contributed by atoms with Gasteiger partial charge in [-0.05, 0) is 0 Å². The van der Waals surface area contributed by atoms with Crippen LogP contribution in [0.25, 0.3) is 0 Å². The van der Waals surface area contributed by atoms with E-state index in [1.807, 2.05) is 0 Å². The maximum absolute atomic E-state index is 4.26. The lowest BCUT2D eigenvalue weighted by atomic mass is 11.6. The molecule has 0 radical (unpaired) electrons. The molecule has 26 valence electrons. The molecule has 0 aliphatic heterocycles. The van der Waals surface area contributed by atoms with Crippen molar-refractivity contribution in [3.8, 4) is 0 Å². The monoisotopic (exact) mass is 173 g/mol. The van der Waals surface area contributed by atoms with Crippen LogP contribution in [-0.4, -0.2) is 7.05 Å². The first-order chi connectivity index (χ1) is 1.91. The van der Waals surface area contributed by atoms with Gasteiger partial charge in [0.2, 0.25) is 0 Å². The van der Waals surface area contributed by atoms with Crippen LogP contribution >= 0.6 is 23.0 Å². The molecule has 0 aliphatic rings. The van der Waals surface area contributed by atoms with Crippen molar-refractivity contribution >= 4 is 23.0 Å². The normalized spacial score (nSPS) is 7.50. The molecule has 0 rings (SSSR count). The Labute approximate surface area is 39.2 Å². The Morgan fingerprint density at radius 2 is 2.25 bits per heavy atom. The van der Waals surface area contributed by atoms with Crippen LogP contribution in [-0.2, 0) is 3.17 Å². The summed E-state index contributed by atoms with van der Waals surface area (Å²) >= 11 is 1.74. The quantitative estimate of drug-likeness (QED) is 0.460. The molecule has 0 aliphatic carbocycles. The Bertz CT molecular complexity index is 10.0. The third-order valence-electron chi connectivity index (χ3n) is 0.0772. The Hall–Kier alpha value is 0.650. The van der Waals surface area contributed by atoms with Crippen molar-refractivity contribution in [3.05, 3.63) is 0 Å². The first-order valence-electron chi connectivity index (χ1n) is 0.858. The van der Waals surface area contributed by atoms with E-state index >= 15 is 0 Å². The van der Waals surface area contributed by atoms with Crippen molar-refractivity contribution in [3.63, 3.8) is 0 Å². The number of halogens is 1. The molecular weight excluding hydrogens is 169 g/mol. The molecule has 0 saturated heterocycles. The molecule has 3 heteroatoms. The van der Waals surface area contributed by atoms with Crippen molar-refractivity contribution < 1.29 is 3.17 Å². The van der Waals surface area contributed by atoms with Gasteiger partial charge < -0.3 is 0 Å². The molecule has 4 heavy (non-hydrogen) atoms. The van der Waals surface area contributed by atoms with E-state index in [0.717, 1.165) is 0 Å². The van der Waals surface area contributed by atoms with Crippen molar-refractivity contribution in [2.75, 3.05) is 7.05 Å². The molecule has 0 aromatic carbocycles. The summed E-state index contributed by atoms with van der Waals surface area (Å²) in [5.41, 5.74) is 2.42. The first-order valence-corrected chi connectivity index (χ1v) is 1.74. The molecule has 0 bridgehead atoms. The molecular formula is CH4INO. The van der Waals surface area contributed by atoms with Crippen LogP contribution in [0.15, 0.2) is 0 Å². The number of nitrogens with one attached hydrogen (secondary N) is 1. The van der Waals surface area contributed by atoms with Crippen molar-refractivity contribution in [1.29, 1.82) is 0 Å². The largest absolute Gasteiger partial charge is 0.233 e. The standard InChI is InChI=1S/CH4INO/c1-3-4-2/h3H,1H3. The Morgan fingerprint density at radius 3 is 2.25 bits per heavy atom. The summed E-state index contributed by atoms with van der Waals surface area (Å²) < 4.78 is 4.26. The van der Waals surface area contributed by atoms with E-state index < -0.39 is 0 Å². The highest BCUT2D eigenvalue weighted by molar-refractivity contribution is 14.1. The van der Waals surface area contributed by atoms with E-state index in [0.29, 0.717) is 0 Å². The minimum absolute atomic E-state index is 1.70. The number of hydroxylamine groups is 1. The van der Waals surface area contributed by atoms with Crippen molar-refractivity contribution in [2.45, 2.75) is 0 Å². The second-order valence-electron chi connectivity index (χ2n) is 0.281. The zero-order chi connectivity index (χ0) is 3.41. The highest BCUT2D eigenvalue weighted by atomic mass is 127. The summed E-state index contributed by atoms with van der Waals surface area (Å²) in [5, 5.41) is 0. The van der Waals surface area contributed by atoms with Gasteiger partial charge >= 0.3 is 0 Å². The van der Waals surface area contributed by atoms with Crippen LogP contribution in [0.3, 0.4) is 0 Å². The summed E-state index contributed by atoms with van der Waals surface area (Å²) in [6.07, 6.45) is 0. The third-order valence-corrected chi connectivity index (χ3v) is 0.518. The van der Waals surface area contributed by atoms with Gasteiger partial charge in [-0.25, -0.2) is 3.17 Å². The topological polar surface area (TPSA) is 21.3 Å². The van der Waals surface area contributed by atoms with Crippen molar-refractivity contribution in [1.82, 2.24) is 5.48 Å². The van der Waals surface area contributed by atoms with Crippen LogP contribution in [0.1, 0.15) is 0 Å². The average Bonchev–Trinajstić information content (AvgIpc) is 1.37. The van der Waals surface area contributed by atoms with E-state index in [9.17, 15) is 0 Å². The van der Waals surface area contributed by atoms with Crippen LogP contribution in [0.5, 0.6) is 0 Å². The maximum Gasteiger partial charge on any atom is 0.136 e. The molecule has 0 spiro atoms. The summed E-state index contributed by atoms with van der Waals surface area (Å²) in [6, 6.07) is 0. The second-order valence-corrected chi connectivity index (χ2v) is 0.722. The zero-order valence-corrected chi connectivity index (χ0v) is 4.44. The number of rotatable bonds is 1. The van der Waals surface area contributed by atoms with Crippen LogP contribution in [0.4, 0.5) is 0 Å². The summed E-state index contributed by atoms with van der Waals surface area (Å²) in [7, 11) is 1.70. The van der Waals surface area contributed by atoms with Gasteiger partial charge in [-0.3, -0.25) is 0 Å². The summed E-state index contributed by atoms with van der Waals surface area (Å²) in [5.74, 6) is 0. The third kappa shape index (κ3) is 2.65. The minimum atomic E-state index is 1.70. The van der Waals surface area contributed by atoms with Gasteiger partial charge in [-0.1, -0.05) is 0 Å². The summed E-state index contributed by atoms with van der Waals surface area (Å²) in [6.45, 7) is 0. The van der Waals surface area contributed by atoms with Gasteiger partial charge in [0.15, 0.2) is 0 Å². The highest BCUT2D eigenvalue weighted by Crippen LogP contribution is 1.70. The number of hydrogen-bond donors (Lipinski definition) is 1. The van der Waals surface area contributed by atoms with E-state index in [1.54, 1.807) is 30.1 Å². The van der Waals surface area contributed by atoms with E-state index in [2.05, 4.69) is 8.65 Å². The molecule has 0 atom stereocenters. The number of hydrogen-bond acceptors (Lipinski definition) is 2. The van der Waals surface area contributed by atoms with Crippen LogP contribution in [0.2, 0.25) is 0 Å². The first kappa shape index (κ1) is 4.65. The summed E-state index contributed by atoms with van der Waals surface area (Å²) in [4.78, 5) is 0. The molecule has 0 unspecified atom stereocenters. The molecule has 0 aromatic rings. The van der Waals surface area contributed by atoms with Gasteiger partial charge in [0, 0.05) is 7.05 Å². The van der Waals surface area contributed by atoms with Crippen LogP contribution < -0.4 is 5.48 Å². The Kier molecular flexibility index (Phi) is 4.24. The van der Waals surface area contributed by atoms with E-state index in [1.165, 1.54) is 0 Å². The predicted octanol–water partition coefficient (Wildman–Crippen LogP) is 0.487. The zero-order valence-electron chi connectivity index (χ0n) is 2.29. The molecule has 0 amide bonds. The van der Waals surface area contributed by atoms with Gasteiger partial charge in [0.25, 0.3) is 0 Å². The predicted molar refractivity (Wildman–Crippen MR) is 24.2 cm³/mol. The van der Waals surface area contributed by atoms with E-state index in [4.69, 9.17) is 0 Å². The second kappa shape index (κ2) is 3.65. The highest BCUT2D eigenvalue weighted by Gasteiger charge is 1.49. The average molecular weight is 173 g/mol. The molecule has 0 saturated carbocycles. The fraction of sp³-hybridized carbons (Fsp3) is 1.00. The van der Waals surface area contributed by atoms with Gasteiger partial charge in [-0.15, -0.1) is 0 Å². The maximum atomic E-state index is 4.26. The lowest BCUT2D eigenvalue weighted by Gasteiger charge is -1.76. The Balaban J connectivity index is 1.97. The van der Waals surface area contributed by atoms with Crippen molar-refractivity contribution in [2.24, 2.45) is 0 Å². The molecule has 0 heterocycles. The molecule has 1 N–H and O–H groups in total.